The Balaban J connectivity index is 3.03. The molecule has 5 N–H and O–H groups in total. The molecule has 0 spiro atoms. The minimum atomic E-state index is -1.89. The summed E-state index contributed by atoms with van der Waals surface area (Å²) in [6.45, 7) is -0.812. The molecular weight excluding hydrogens is 183 g/mol. The van der Waals surface area contributed by atoms with Crippen LogP contribution in [0.15, 0.2) is 11.4 Å². The smallest absolute Gasteiger partial charge is 0.135 e. The maximum absolute atomic E-state index is 13.0. The van der Waals surface area contributed by atoms with Crippen LogP contribution >= 0.6 is 0 Å². The molecule has 0 aliphatic heterocycles. The third kappa shape index (κ3) is 1.59. The van der Waals surface area contributed by atoms with E-state index < -0.39 is 42.4 Å². The maximum atomic E-state index is 13.0. The average molecular weight is 194 g/mol. The van der Waals surface area contributed by atoms with Crippen LogP contribution < -0.4 is 0 Å². The molecule has 0 aromatic carbocycles. The second-order valence-electron chi connectivity index (χ2n) is 2.90. The van der Waals surface area contributed by atoms with Gasteiger partial charge in [-0.1, -0.05) is 0 Å². The van der Waals surface area contributed by atoms with Gasteiger partial charge < -0.3 is 25.5 Å². The van der Waals surface area contributed by atoms with Crippen LogP contribution in [0.4, 0.5) is 4.39 Å². The van der Waals surface area contributed by atoms with E-state index in [1.54, 1.807) is 0 Å². The zero-order chi connectivity index (χ0) is 10.2. The van der Waals surface area contributed by atoms with Gasteiger partial charge in [0.15, 0.2) is 0 Å². The van der Waals surface area contributed by atoms with Gasteiger partial charge in [0.05, 0.1) is 6.61 Å². The molecule has 13 heavy (non-hydrogen) atoms. The summed E-state index contributed by atoms with van der Waals surface area (Å²) in [6, 6.07) is 0. The second-order valence-corrected chi connectivity index (χ2v) is 2.90. The summed E-state index contributed by atoms with van der Waals surface area (Å²) >= 11 is 0. The second kappa shape index (κ2) is 3.69. The molecule has 0 amide bonds. The molecule has 76 valence electrons. The van der Waals surface area contributed by atoms with Crippen LogP contribution in [0, 0.1) is 0 Å². The van der Waals surface area contributed by atoms with Gasteiger partial charge in [0, 0.05) is 5.57 Å². The van der Waals surface area contributed by atoms with Gasteiger partial charge in [0.2, 0.25) is 0 Å². The van der Waals surface area contributed by atoms with Crippen LogP contribution in [0.25, 0.3) is 0 Å². The molecule has 0 fully saturated rings. The van der Waals surface area contributed by atoms with Crippen molar-refractivity contribution in [1.29, 1.82) is 0 Å². The molecule has 1 aliphatic carbocycles. The molecule has 0 heterocycles. The van der Waals surface area contributed by atoms with Gasteiger partial charge in [0.25, 0.3) is 0 Å². The first kappa shape index (κ1) is 10.6. The monoisotopic (exact) mass is 194 g/mol. The van der Waals surface area contributed by atoms with Gasteiger partial charge in [-0.3, -0.25) is 0 Å². The molecule has 5 nitrogen and oxygen atoms in total. The fourth-order valence-corrected chi connectivity index (χ4v) is 1.23. The number of rotatable bonds is 1. The first-order chi connectivity index (χ1) is 6.00. The SMILES string of the molecule is OCC1=C(F)[C@H](O)[C@H](O)[C@@H](O)[C@H]1O. The van der Waals surface area contributed by atoms with E-state index in [1.807, 2.05) is 0 Å². The van der Waals surface area contributed by atoms with Crippen molar-refractivity contribution in [2.75, 3.05) is 6.61 Å². The van der Waals surface area contributed by atoms with Gasteiger partial charge in [-0.05, 0) is 0 Å². The van der Waals surface area contributed by atoms with Crippen molar-refractivity contribution in [2.45, 2.75) is 24.4 Å². The van der Waals surface area contributed by atoms with Gasteiger partial charge >= 0.3 is 0 Å². The van der Waals surface area contributed by atoms with E-state index in [0.717, 1.165) is 0 Å². The van der Waals surface area contributed by atoms with Crippen molar-refractivity contribution < 1.29 is 29.9 Å². The van der Waals surface area contributed by atoms with E-state index in [-0.39, 0.29) is 0 Å². The first-order valence-corrected chi connectivity index (χ1v) is 3.72. The summed E-state index contributed by atoms with van der Waals surface area (Å²) in [4.78, 5) is 0. The van der Waals surface area contributed by atoms with Gasteiger partial charge in [-0.25, -0.2) is 4.39 Å². The Morgan fingerprint density at radius 2 is 1.46 bits per heavy atom. The van der Waals surface area contributed by atoms with Crippen LogP contribution in [-0.4, -0.2) is 56.6 Å². The topological polar surface area (TPSA) is 101 Å². The predicted octanol–water partition coefficient (Wildman–Crippen LogP) is -2.34. The standard InChI is InChI=1S/C7H11FO5/c8-3-2(1-9)4(10)6(12)7(13)5(3)11/h4-7,9-13H,1H2/t4-,5-,6-,7-/m0/s1. The first-order valence-electron chi connectivity index (χ1n) is 3.72. The van der Waals surface area contributed by atoms with Crippen LogP contribution in [-0.2, 0) is 0 Å². The number of aliphatic hydroxyl groups excluding tert-OH is 5. The van der Waals surface area contributed by atoms with Crippen molar-refractivity contribution in [2.24, 2.45) is 0 Å². The highest BCUT2D eigenvalue weighted by atomic mass is 19.1. The zero-order valence-corrected chi connectivity index (χ0v) is 6.63. The van der Waals surface area contributed by atoms with E-state index in [4.69, 9.17) is 25.5 Å². The van der Waals surface area contributed by atoms with Crippen LogP contribution in [0.1, 0.15) is 0 Å². The van der Waals surface area contributed by atoms with Crippen molar-refractivity contribution in [3.8, 4) is 0 Å². The van der Waals surface area contributed by atoms with Crippen molar-refractivity contribution >= 4 is 0 Å². The molecule has 0 unspecified atom stereocenters. The summed E-state index contributed by atoms with van der Waals surface area (Å²) in [5.41, 5.74) is -0.495. The fourth-order valence-electron chi connectivity index (χ4n) is 1.23. The van der Waals surface area contributed by atoms with E-state index in [2.05, 4.69) is 0 Å². The Hall–Kier alpha value is -0.530. The van der Waals surface area contributed by atoms with Crippen LogP contribution in [0.2, 0.25) is 0 Å². The molecule has 0 radical (unpaired) electrons. The number of hydrogen-bond acceptors (Lipinski definition) is 5. The largest absolute Gasteiger partial charge is 0.392 e. The van der Waals surface area contributed by atoms with Crippen LogP contribution in [0.3, 0.4) is 0 Å². The predicted molar refractivity (Wildman–Crippen MR) is 39.2 cm³/mol. The summed E-state index contributed by atoms with van der Waals surface area (Å²) in [5.74, 6) is -1.19. The number of aliphatic hydroxyl groups is 5. The van der Waals surface area contributed by atoms with E-state index in [1.165, 1.54) is 0 Å². The summed E-state index contributed by atoms with van der Waals surface area (Å²) in [7, 11) is 0. The highest BCUT2D eigenvalue weighted by Crippen LogP contribution is 2.26. The zero-order valence-electron chi connectivity index (χ0n) is 6.63. The average Bonchev–Trinajstić information content (AvgIpc) is 2.13. The quantitative estimate of drug-likeness (QED) is 0.322. The van der Waals surface area contributed by atoms with Crippen molar-refractivity contribution in [1.82, 2.24) is 0 Å². The van der Waals surface area contributed by atoms with Gasteiger partial charge in [0.1, 0.15) is 30.2 Å². The fraction of sp³-hybridized carbons (Fsp3) is 0.714. The van der Waals surface area contributed by atoms with E-state index >= 15 is 0 Å². The molecule has 0 aromatic heterocycles. The van der Waals surface area contributed by atoms with E-state index in [9.17, 15) is 4.39 Å². The molecule has 4 atom stereocenters. The lowest BCUT2D eigenvalue weighted by molar-refractivity contribution is -0.106. The molecule has 0 bridgehead atoms. The molecule has 0 saturated heterocycles. The molecular formula is C7H11FO5. The number of halogens is 1. The van der Waals surface area contributed by atoms with Gasteiger partial charge in [-0.2, -0.15) is 0 Å². The lowest BCUT2D eigenvalue weighted by Gasteiger charge is -2.32. The minimum Gasteiger partial charge on any atom is -0.392 e. The number of hydrogen-bond donors (Lipinski definition) is 5. The molecule has 0 saturated carbocycles. The Bertz CT molecular complexity index is 229. The Labute approximate surface area is 73.4 Å². The highest BCUT2D eigenvalue weighted by Gasteiger charge is 2.41. The highest BCUT2D eigenvalue weighted by molar-refractivity contribution is 5.24. The maximum Gasteiger partial charge on any atom is 0.135 e. The molecule has 1 aliphatic rings. The normalized spacial score (nSPS) is 41.1. The summed E-state index contributed by atoms with van der Waals surface area (Å²) in [6.07, 6.45) is -7.02. The molecule has 0 aromatic rings. The van der Waals surface area contributed by atoms with Crippen molar-refractivity contribution in [3.63, 3.8) is 0 Å². The Morgan fingerprint density at radius 1 is 1.00 bits per heavy atom. The third-order valence-electron chi connectivity index (χ3n) is 2.09. The third-order valence-corrected chi connectivity index (χ3v) is 2.09. The lowest BCUT2D eigenvalue weighted by Crippen LogP contribution is -2.50. The van der Waals surface area contributed by atoms with E-state index in [0.29, 0.717) is 0 Å². The molecule has 1 rings (SSSR count). The van der Waals surface area contributed by atoms with Gasteiger partial charge in [-0.15, -0.1) is 0 Å². The summed E-state index contributed by atoms with van der Waals surface area (Å²) in [5, 5.41) is 44.7. The Kier molecular flexibility index (Phi) is 2.99. The van der Waals surface area contributed by atoms with Crippen LogP contribution in [0.5, 0.6) is 0 Å². The lowest BCUT2D eigenvalue weighted by atomic mass is 9.89. The Morgan fingerprint density at radius 3 is 1.92 bits per heavy atom. The summed E-state index contributed by atoms with van der Waals surface area (Å²) < 4.78 is 13.0. The molecule has 6 heteroatoms. The minimum absolute atomic E-state index is 0.495. The van der Waals surface area contributed by atoms with Crippen molar-refractivity contribution in [3.05, 3.63) is 11.4 Å².